The molecule has 0 aromatic carbocycles. The molecule has 1 aliphatic heterocycles. The van der Waals surface area contributed by atoms with Crippen LogP contribution >= 0.6 is 7.60 Å². The molecular formula is C5H11O6P. The van der Waals surface area contributed by atoms with Crippen molar-refractivity contribution in [2.75, 3.05) is 0 Å². The Bertz CT molecular complexity index is 218. The van der Waals surface area contributed by atoms with Gasteiger partial charge >= 0.3 is 7.60 Å². The molecule has 0 aromatic heterocycles. The van der Waals surface area contributed by atoms with Crippen LogP contribution in [0.3, 0.4) is 0 Å². The molecule has 1 aliphatic rings. The van der Waals surface area contributed by atoms with Crippen molar-refractivity contribution >= 4 is 7.60 Å². The lowest BCUT2D eigenvalue weighted by Crippen LogP contribution is -2.48. The highest BCUT2D eigenvalue weighted by Gasteiger charge is 2.48. The first-order chi connectivity index (χ1) is 5.36. The van der Waals surface area contributed by atoms with Crippen LogP contribution in [0.4, 0.5) is 0 Å². The van der Waals surface area contributed by atoms with Crippen molar-refractivity contribution in [2.24, 2.45) is 0 Å². The van der Waals surface area contributed by atoms with Crippen LogP contribution < -0.4 is 0 Å². The topological polar surface area (TPSA) is 107 Å². The average molecular weight is 198 g/mol. The molecule has 0 saturated carbocycles. The second kappa shape index (κ2) is 3.06. The highest BCUT2D eigenvalue weighted by molar-refractivity contribution is 7.53. The molecule has 1 saturated heterocycles. The van der Waals surface area contributed by atoms with Crippen LogP contribution in [0, 0.1) is 0 Å². The first-order valence-corrected chi connectivity index (χ1v) is 5.06. The Kier molecular flexibility index (Phi) is 2.58. The van der Waals surface area contributed by atoms with Gasteiger partial charge in [0.15, 0.2) is 5.85 Å². The molecular weight excluding hydrogens is 187 g/mol. The minimum atomic E-state index is -4.18. The van der Waals surface area contributed by atoms with E-state index in [2.05, 4.69) is 4.52 Å². The monoisotopic (exact) mass is 198 g/mol. The number of hydrogen-bond acceptors (Lipinski definition) is 5. The van der Waals surface area contributed by atoms with E-state index in [1.807, 2.05) is 0 Å². The van der Waals surface area contributed by atoms with Gasteiger partial charge in [-0.05, 0) is 6.92 Å². The van der Waals surface area contributed by atoms with Crippen molar-refractivity contribution < 1.29 is 29.3 Å². The third kappa shape index (κ3) is 1.54. The molecule has 0 radical (unpaired) electrons. The van der Waals surface area contributed by atoms with E-state index in [4.69, 9.17) is 20.2 Å². The summed E-state index contributed by atoms with van der Waals surface area (Å²) >= 11 is 0. The van der Waals surface area contributed by atoms with E-state index in [0.29, 0.717) is 0 Å². The van der Waals surface area contributed by atoms with Crippen molar-refractivity contribution in [1.29, 1.82) is 0 Å². The van der Waals surface area contributed by atoms with E-state index in [9.17, 15) is 4.57 Å². The first kappa shape index (κ1) is 10.1. The summed E-state index contributed by atoms with van der Waals surface area (Å²) in [6.07, 6.45) is -3.93. The molecule has 0 bridgehead atoms. The molecule has 1 rings (SSSR count). The Labute approximate surface area is 68.9 Å². The van der Waals surface area contributed by atoms with E-state index >= 15 is 0 Å². The minimum Gasteiger partial charge on any atom is -0.388 e. The molecule has 6 nitrogen and oxygen atoms in total. The average Bonchev–Trinajstić information content (AvgIpc) is 1.97. The normalized spacial score (nSPS) is 55.4. The van der Waals surface area contributed by atoms with E-state index in [1.54, 1.807) is 0 Å². The summed E-state index contributed by atoms with van der Waals surface area (Å²) in [5.74, 6) is -1.93. The fourth-order valence-electron chi connectivity index (χ4n) is 1.01. The standard InChI is InChI=1S/C5H11O6P/c1-2-3(6)4(7)5(8)12(9,10)11-2/h2-8H,1H3,(H,9,10). The van der Waals surface area contributed by atoms with Crippen LogP contribution in [0.15, 0.2) is 0 Å². The Morgan fingerprint density at radius 1 is 1.25 bits per heavy atom. The first-order valence-electron chi connectivity index (χ1n) is 3.41. The van der Waals surface area contributed by atoms with Gasteiger partial charge in [-0.25, -0.2) is 0 Å². The largest absolute Gasteiger partial charge is 0.388 e. The summed E-state index contributed by atoms with van der Waals surface area (Å²) in [5.41, 5.74) is 0. The van der Waals surface area contributed by atoms with E-state index in [-0.39, 0.29) is 0 Å². The summed E-state index contributed by atoms with van der Waals surface area (Å²) in [6, 6.07) is 0. The molecule has 72 valence electrons. The Morgan fingerprint density at radius 2 is 1.75 bits per heavy atom. The van der Waals surface area contributed by atoms with Gasteiger partial charge in [-0.2, -0.15) is 0 Å². The van der Waals surface area contributed by atoms with Crippen molar-refractivity contribution in [1.82, 2.24) is 0 Å². The summed E-state index contributed by atoms with van der Waals surface area (Å²) in [7, 11) is -4.18. The lowest BCUT2D eigenvalue weighted by Gasteiger charge is -2.35. The van der Waals surface area contributed by atoms with Gasteiger partial charge in [0, 0.05) is 0 Å². The highest BCUT2D eigenvalue weighted by Crippen LogP contribution is 2.52. The molecule has 4 N–H and O–H groups in total. The summed E-state index contributed by atoms with van der Waals surface area (Å²) in [4.78, 5) is 8.91. The second-order valence-corrected chi connectivity index (χ2v) is 4.64. The number of rotatable bonds is 0. The molecule has 0 aliphatic carbocycles. The fraction of sp³-hybridized carbons (Fsp3) is 1.00. The van der Waals surface area contributed by atoms with Crippen LogP contribution in [-0.2, 0) is 9.09 Å². The van der Waals surface area contributed by atoms with E-state index in [0.717, 1.165) is 0 Å². The van der Waals surface area contributed by atoms with Crippen molar-refractivity contribution in [3.63, 3.8) is 0 Å². The predicted molar refractivity (Wildman–Crippen MR) is 38.4 cm³/mol. The molecule has 12 heavy (non-hydrogen) atoms. The zero-order valence-electron chi connectivity index (χ0n) is 6.36. The minimum absolute atomic E-state index is 0.959. The Morgan fingerprint density at radius 3 is 2.25 bits per heavy atom. The quantitative estimate of drug-likeness (QED) is 0.358. The van der Waals surface area contributed by atoms with Crippen LogP contribution in [-0.4, -0.2) is 44.4 Å². The lowest BCUT2D eigenvalue weighted by molar-refractivity contribution is -0.106. The van der Waals surface area contributed by atoms with Gasteiger partial charge in [0.05, 0.1) is 6.10 Å². The molecule has 7 heteroatoms. The summed E-state index contributed by atoms with van der Waals surface area (Å²) in [5, 5.41) is 27.1. The van der Waals surface area contributed by atoms with Gasteiger partial charge < -0.3 is 24.7 Å². The van der Waals surface area contributed by atoms with E-state index in [1.165, 1.54) is 6.92 Å². The van der Waals surface area contributed by atoms with Gasteiger partial charge in [0.1, 0.15) is 12.2 Å². The Balaban J connectivity index is 2.85. The smallest absolute Gasteiger partial charge is 0.359 e. The molecule has 1 heterocycles. The molecule has 5 unspecified atom stereocenters. The van der Waals surface area contributed by atoms with Crippen LogP contribution in [0.1, 0.15) is 6.92 Å². The second-order valence-electron chi connectivity index (χ2n) is 2.77. The van der Waals surface area contributed by atoms with Crippen molar-refractivity contribution in [3.8, 4) is 0 Å². The summed E-state index contributed by atoms with van der Waals surface area (Å²) < 4.78 is 15.4. The zero-order chi connectivity index (χ0) is 9.52. The maximum atomic E-state index is 10.9. The van der Waals surface area contributed by atoms with Gasteiger partial charge in [-0.1, -0.05) is 0 Å². The van der Waals surface area contributed by atoms with Crippen LogP contribution in [0.2, 0.25) is 0 Å². The highest BCUT2D eigenvalue weighted by atomic mass is 31.2. The van der Waals surface area contributed by atoms with Gasteiger partial charge in [0.25, 0.3) is 0 Å². The maximum absolute atomic E-state index is 10.9. The van der Waals surface area contributed by atoms with Crippen LogP contribution in [0.25, 0.3) is 0 Å². The fourth-order valence-corrected chi connectivity index (χ4v) is 2.30. The molecule has 0 spiro atoms. The van der Waals surface area contributed by atoms with E-state index < -0.39 is 31.8 Å². The SMILES string of the molecule is CC1OP(=O)(O)C(O)C(O)C1O. The third-order valence-corrected chi connectivity index (χ3v) is 3.40. The van der Waals surface area contributed by atoms with Gasteiger partial charge in [-0.3, -0.25) is 4.57 Å². The van der Waals surface area contributed by atoms with Gasteiger partial charge in [0.2, 0.25) is 0 Å². The molecule has 0 aromatic rings. The molecule has 5 atom stereocenters. The number of aliphatic hydroxyl groups excluding tert-OH is 3. The lowest BCUT2D eigenvalue weighted by atomic mass is 10.1. The maximum Gasteiger partial charge on any atom is 0.359 e. The number of hydrogen-bond donors (Lipinski definition) is 4. The van der Waals surface area contributed by atoms with Crippen LogP contribution in [0.5, 0.6) is 0 Å². The Hall–Kier alpha value is 0.0300. The summed E-state index contributed by atoms with van der Waals surface area (Å²) in [6.45, 7) is 1.34. The van der Waals surface area contributed by atoms with Crippen molar-refractivity contribution in [2.45, 2.75) is 31.1 Å². The zero-order valence-corrected chi connectivity index (χ0v) is 7.26. The van der Waals surface area contributed by atoms with Gasteiger partial charge in [-0.15, -0.1) is 0 Å². The van der Waals surface area contributed by atoms with Crippen molar-refractivity contribution in [3.05, 3.63) is 0 Å². The third-order valence-electron chi connectivity index (χ3n) is 1.79. The molecule has 0 amide bonds. The number of aliphatic hydroxyl groups is 3. The molecule has 1 fully saturated rings. The predicted octanol–water partition coefficient (Wildman–Crippen LogP) is -1.37.